The van der Waals surface area contributed by atoms with Gasteiger partial charge in [0.25, 0.3) is 5.91 Å². The van der Waals surface area contributed by atoms with Gasteiger partial charge in [-0.3, -0.25) is 19.4 Å². The van der Waals surface area contributed by atoms with Crippen LogP contribution in [0.5, 0.6) is 0 Å². The zero-order valence-corrected chi connectivity index (χ0v) is 22.6. The van der Waals surface area contributed by atoms with Crippen LogP contribution >= 0.6 is 12.2 Å². The molecule has 0 N–H and O–H groups in total. The maximum absolute atomic E-state index is 13.3. The van der Waals surface area contributed by atoms with Crippen LogP contribution in [0, 0.1) is 0 Å². The molecule has 3 aliphatic rings. The molecule has 1 aromatic rings. The van der Waals surface area contributed by atoms with Crippen LogP contribution in [-0.2, 0) is 20.9 Å². The summed E-state index contributed by atoms with van der Waals surface area (Å²) in [5.74, 6) is -0.0790. The molecule has 36 heavy (non-hydrogen) atoms. The molecule has 0 spiro atoms. The Kier molecular flexibility index (Phi) is 8.30. The topological polar surface area (TPSA) is 73.4 Å². The van der Waals surface area contributed by atoms with Gasteiger partial charge in [-0.05, 0) is 70.1 Å². The van der Waals surface area contributed by atoms with Gasteiger partial charge in [0.2, 0.25) is 5.91 Å². The first-order chi connectivity index (χ1) is 17.2. The fraction of sp³-hybridized carbons (Fsp3) is 0.630. The molecule has 9 heteroatoms. The van der Waals surface area contributed by atoms with Gasteiger partial charge >= 0.3 is 5.97 Å². The van der Waals surface area contributed by atoms with Crippen LogP contribution in [0.15, 0.2) is 18.2 Å². The molecule has 3 aliphatic heterocycles. The van der Waals surface area contributed by atoms with E-state index in [1.165, 1.54) is 0 Å². The molecule has 0 radical (unpaired) electrons. The van der Waals surface area contributed by atoms with Crippen molar-refractivity contribution in [3.63, 3.8) is 0 Å². The Morgan fingerprint density at radius 1 is 1.03 bits per heavy atom. The Morgan fingerprint density at radius 2 is 1.72 bits per heavy atom. The van der Waals surface area contributed by atoms with Gasteiger partial charge in [-0.25, -0.2) is 4.79 Å². The summed E-state index contributed by atoms with van der Waals surface area (Å²) >= 11 is 5.75. The van der Waals surface area contributed by atoms with Crippen LogP contribution < -0.4 is 4.90 Å². The predicted octanol–water partition coefficient (Wildman–Crippen LogP) is 3.57. The number of esters is 1. The lowest BCUT2D eigenvalue weighted by molar-refractivity contribution is -0.133. The first kappa shape index (κ1) is 26.5. The zero-order chi connectivity index (χ0) is 25.9. The van der Waals surface area contributed by atoms with E-state index in [0.717, 1.165) is 76.9 Å². The highest BCUT2D eigenvalue weighted by Gasteiger charge is 2.49. The highest BCUT2D eigenvalue weighted by Crippen LogP contribution is 2.34. The first-order valence-corrected chi connectivity index (χ1v) is 13.6. The number of amides is 2. The van der Waals surface area contributed by atoms with Gasteiger partial charge in [-0.15, -0.1) is 0 Å². The molecule has 2 amide bonds. The number of nitrogens with zero attached hydrogens (tertiary/aromatic N) is 4. The molecule has 3 heterocycles. The van der Waals surface area contributed by atoms with Gasteiger partial charge in [0.15, 0.2) is 5.11 Å². The van der Waals surface area contributed by atoms with Crippen molar-refractivity contribution in [1.29, 1.82) is 0 Å². The van der Waals surface area contributed by atoms with E-state index in [1.807, 2.05) is 36.6 Å². The third-order valence-electron chi connectivity index (χ3n) is 7.54. The number of piperazine rings is 1. The molecule has 0 atom stereocenters. The smallest absolute Gasteiger partial charge is 0.338 e. The molecule has 4 rings (SSSR count). The molecule has 1 aromatic carbocycles. The molecule has 0 saturated carbocycles. The fourth-order valence-electron chi connectivity index (χ4n) is 5.25. The molecule has 196 valence electrons. The molecule has 0 unspecified atom stereocenters. The van der Waals surface area contributed by atoms with Crippen LogP contribution in [0.4, 0.5) is 5.69 Å². The highest BCUT2D eigenvalue weighted by atomic mass is 32.1. The number of rotatable bonds is 10. The summed E-state index contributed by atoms with van der Waals surface area (Å²) in [6.45, 7) is 11.6. The average Bonchev–Trinajstić information content (AvgIpc) is 3.30. The molecular formula is C27H38N4O4S. The van der Waals surface area contributed by atoms with Crippen LogP contribution in [0.2, 0.25) is 0 Å². The Morgan fingerprint density at radius 3 is 2.42 bits per heavy atom. The van der Waals surface area contributed by atoms with Crippen LogP contribution in [0.25, 0.3) is 0 Å². The third kappa shape index (κ3) is 5.42. The van der Waals surface area contributed by atoms with E-state index in [-0.39, 0.29) is 24.4 Å². The Labute approximate surface area is 219 Å². The fourth-order valence-corrected chi connectivity index (χ4v) is 5.76. The van der Waals surface area contributed by atoms with Crippen molar-refractivity contribution in [1.82, 2.24) is 14.7 Å². The first-order valence-electron chi connectivity index (χ1n) is 13.2. The second kappa shape index (κ2) is 11.3. The van der Waals surface area contributed by atoms with E-state index in [0.29, 0.717) is 22.8 Å². The van der Waals surface area contributed by atoms with E-state index in [9.17, 15) is 14.4 Å². The minimum Gasteiger partial charge on any atom is -0.457 e. The number of thiocarbonyl (C=S) groups is 1. The molecule has 0 bridgehead atoms. The van der Waals surface area contributed by atoms with Gasteiger partial charge in [0.1, 0.15) is 12.1 Å². The largest absolute Gasteiger partial charge is 0.457 e. The van der Waals surface area contributed by atoms with Crippen LogP contribution in [0.1, 0.15) is 75.2 Å². The number of cyclic esters (lactones) is 1. The van der Waals surface area contributed by atoms with Crippen LogP contribution in [-0.4, -0.2) is 82.4 Å². The van der Waals surface area contributed by atoms with E-state index in [1.54, 1.807) is 17.0 Å². The number of ether oxygens (including phenoxy) is 1. The van der Waals surface area contributed by atoms with Gasteiger partial charge in [-0.2, -0.15) is 0 Å². The van der Waals surface area contributed by atoms with Crippen molar-refractivity contribution in [3.8, 4) is 0 Å². The van der Waals surface area contributed by atoms with Gasteiger partial charge < -0.3 is 14.5 Å². The summed E-state index contributed by atoms with van der Waals surface area (Å²) in [6, 6.07) is 5.33. The van der Waals surface area contributed by atoms with E-state index >= 15 is 0 Å². The van der Waals surface area contributed by atoms with E-state index in [2.05, 4.69) is 4.90 Å². The van der Waals surface area contributed by atoms with Gasteiger partial charge in [-0.1, -0.05) is 19.8 Å². The predicted molar refractivity (Wildman–Crippen MR) is 143 cm³/mol. The standard InChI is InChI=1S/C27H38N4O4S/c1-4-9-23(32)29-16-14-28(15-17-29)12-7-5-6-8-13-30-26(36)31(25(34)27(30,2)3)21-10-11-22-20(18-21)19-35-24(22)33/h10-11,18H,4-9,12-17,19H2,1-3H3. The van der Waals surface area contributed by atoms with E-state index < -0.39 is 5.54 Å². The summed E-state index contributed by atoms with van der Waals surface area (Å²) in [4.78, 5) is 45.2. The van der Waals surface area contributed by atoms with E-state index in [4.69, 9.17) is 17.0 Å². The minimum absolute atomic E-state index is 0.0470. The maximum atomic E-state index is 13.3. The number of hydrogen-bond donors (Lipinski definition) is 0. The highest BCUT2D eigenvalue weighted by molar-refractivity contribution is 7.80. The van der Waals surface area contributed by atoms with Gasteiger partial charge in [0.05, 0.1) is 11.3 Å². The maximum Gasteiger partial charge on any atom is 0.338 e. The Balaban J connectivity index is 1.21. The summed E-state index contributed by atoms with van der Waals surface area (Å²) in [6.07, 6.45) is 5.89. The van der Waals surface area contributed by atoms with Crippen molar-refractivity contribution in [2.75, 3.05) is 44.2 Å². The number of carbonyl (C=O) groups excluding carboxylic acids is 3. The SMILES string of the molecule is CCCC(=O)N1CCN(CCCCCCN2C(=S)N(c3ccc4c(c3)COC4=O)C(=O)C2(C)C)CC1. The van der Waals surface area contributed by atoms with Crippen LogP contribution in [0.3, 0.4) is 0 Å². The second-order valence-electron chi connectivity index (χ2n) is 10.4. The van der Waals surface area contributed by atoms with Crippen molar-refractivity contribution >= 4 is 40.8 Å². The summed E-state index contributed by atoms with van der Waals surface area (Å²) in [5, 5.41) is 0.519. The monoisotopic (exact) mass is 514 g/mol. The molecule has 2 fully saturated rings. The molecule has 2 saturated heterocycles. The Hall–Kier alpha value is -2.52. The average molecular weight is 515 g/mol. The molecular weight excluding hydrogens is 476 g/mol. The lowest BCUT2D eigenvalue weighted by Gasteiger charge is -2.34. The molecule has 8 nitrogen and oxygen atoms in total. The van der Waals surface area contributed by atoms with Crippen molar-refractivity contribution in [2.45, 2.75) is 71.4 Å². The van der Waals surface area contributed by atoms with Crippen molar-refractivity contribution in [2.24, 2.45) is 0 Å². The lowest BCUT2D eigenvalue weighted by Crippen LogP contribution is -2.48. The number of carbonyl (C=O) groups is 3. The summed E-state index contributed by atoms with van der Waals surface area (Å²) < 4.78 is 5.10. The minimum atomic E-state index is -0.711. The number of fused-ring (bicyclic) bond motifs is 1. The van der Waals surface area contributed by atoms with Crippen molar-refractivity contribution < 1.29 is 19.1 Å². The summed E-state index contributed by atoms with van der Waals surface area (Å²) in [5.41, 5.74) is 1.32. The zero-order valence-electron chi connectivity index (χ0n) is 21.8. The number of anilines is 1. The third-order valence-corrected chi connectivity index (χ3v) is 7.95. The number of hydrogen-bond acceptors (Lipinski definition) is 6. The normalized spacial score (nSPS) is 19.8. The molecule has 0 aromatic heterocycles. The Bertz CT molecular complexity index is 1020. The number of unbranched alkanes of at least 4 members (excludes halogenated alkanes) is 3. The van der Waals surface area contributed by atoms with Gasteiger partial charge in [0, 0.05) is 44.7 Å². The molecule has 0 aliphatic carbocycles. The number of benzene rings is 1. The summed E-state index contributed by atoms with van der Waals surface area (Å²) in [7, 11) is 0. The second-order valence-corrected chi connectivity index (χ2v) is 10.8. The lowest BCUT2D eigenvalue weighted by atomic mass is 10.0. The van der Waals surface area contributed by atoms with Crippen molar-refractivity contribution in [3.05, 3.63) is 29.3 Å². The quantitative estimate of drug-likeness (QED) is 0.268.